The predicted molar refractivity (Wildman–Crippen MR) is 62.3 cm³/mol. The van der Waals surface area contributed by atoms with Crippen LogP contribution in [0.2, 0.25) is 0 Å². The highest BCUT2D eigenvalue weighted by Crippen LogP contribution is 2.32. The summed E-state index contributed by atoms with van der Waals surface area (Å²) in [6, 6.07) is 0. The van der Waals surface area contributed by atoms with Crippen LogP contribution in [0.4, 0.5) is 0 Å². The first-order valence-electron chi connectivity index (χ1n) is 6.11. The van der Waals surface area contributed by atoms with Crippen molar-refractivity contribution in [3.8, 4) is 0 Å². The largest absolute Gasteiger partial charge is 0.329 e. The van der Waals surface area contributed by atoms with Crippen molar-refractivity contribution in [2.24, 2.45) is 11.7 Å². The molecule has 1 rings (SSSR count). The molecule has 0 amide bonds. The van der Waals surface area contributed by atoms with E-state index in [1.165, 1.54) is 32.2 Å². The van der Waals surface area contributed by atoms with E-state index in [1.54, 1.807) is 0 Å². The van der Waals surface area contributed by atoms with E-state index in [0.717, 1.165) is 19.0 Å². The number of likely N-dealkylation sites (N-methyl/N-ethyl adjacent to an activating group) is 1. The number of nitrogens with two attached hydrogens (primary N) is 1. The maximum Gasteiger partial charge on any atom is 0.0303 e. The van der Waals surface area contributed by atoms with Crippen LogP contribution < -0.4 is 5.73 Å². The minimum Gasteiger partial charge on any atom is -0.329 e. The molecule has 0 aromatic heterocycles. The van der Waals surface area contributed by atoms with Crippen LogP contribution in [-0.4, -0.2) is 30.1 Å². The summed E-state index contributed by atoms with van der Waals surface area (Å²) in [4.78, 5) is 2.59. The van der Waals surface area contributed by atoms with Crippen molar-refractivity contribution in [2.45, 2.75) is 52.0 Å². The normalized spacial score (nSPS) is 21.2. The number of nitrogens with zero attached hydrogens (tertiary/aromatic N) is 1. The third-order valence-corrected chi connectivity index (χ3v) is 3.55. The summed E-state index contributed by atoms with van der Waals surface area (Å²) in [7, 11) is 0. The summed E-state index contributed by atoms with van der Waals surface area (Å²) >= 11 is 0. The second kappa shape index (κ2) is 5.13. The van der Waals surface area contributed by atoms with Gasteiger partial charge >= 0.3 is 0 Å². The monoisotopic (exact) mass is 198 g/mol. The zero-order valence-electron chi connectivity index (χ0n) is 10.1. The average Bonchev–Trinajstić information content (AvgIpc) is 2.98. The van der Waals surface area contributed by atoms with Gasteiger partial charge in [0.05, 0.1) is 0 Å². The van der Waals surface area contributed by atoms with E-state index < -0.39 is 0 Å². The summed E-state index contributed by atoms with van der Waals surface area (Å²) in [5.41, 5.74) is 6.17. The van der Waals surface area contributed by atoms with Gasteiger partial charge in [0.1, 0.15) is 0 Å². The number of hydrogen-bond acceptors (Lipinski definition) is 2. The second-order valence-corrected chi connectivity index (χ2v) is 4.93. The van der Waals surface area contributed by atoms with Gasteiger partial charge in [0.2, 0.25) is 0 Å². The van der Waals surface area contributed by atoms with E-state index >= 15 is 0 Å². The van der Waals surface area contributed by atoms with Crippen LogP contribution in [0, 0.1) is 5.92 Å². The van der Waals surface area contributed by atoms with Gasteiger partial charge in [0.15, 0.2) is 0 Å². The molecule has 0 bridgehead atoms. The topological polar surface area (TPSA) is 29.3 Å². The molecule has 0 spiro atoms. The Labute approximate surface area is 88.8 Å². The second-order valence-electron chi connectivity index (χ2n) is 4.93. The van der Waals surface area contributed by atoms with Crippen LogP contribution >= 0.6 is 0 Å². The number of hydrogen-bond donors (Lipinski definition) is 1. The third-order valence-electron chi connectivity index (χ3n) is 3.55. The van der Waals surface area contributed by atoms with Crippen LogP contribution in [0.25, 0.3) is 0 Å². The molecule has 1 unspecified atom stereocenters. The fourth-order valence-corrected chi connectivity index (χ4v) is 2.27. The lowest BCUT2D eigenvalue weighted by molar-refractivity contribution is 0.101. The molecule has 0 aromatic carbocycles. The molecule has 1 fully saturated rings. The molecule has 2 nitrogen and oxygen atoms in total. The molecule has 0 aliphatic heterocycles. The predicted octanol–water partition coefficient (Wildman–Crippen LogP) is 2.24. The molecular weight excluding hydrogens is 172 g/mol. The first-order chi connectivity index (χ1) is 6.66. The van der Waals surface area contributed by atoms with Crippen molar-refractivity contribution in [3.05, 3.63) is 0 Å². The summed E-state index contributed by atoms with van der Waals surface area (Å²) in [5.74, 6) is 0.970. The first kappa shape index (κ1) is 12.0. The molecule has 1 saturated carbocycles. The molecule has 1 aliphatic rings. The zero-order valence-corrected chi connectivity index (χ0v) is 10.1. The van der Waals surface area contributed by atoms with E-state index in [0.29, 0.717) is 0 Å². The average molecular weight is 198 g/mol. The Hall–Kier alpha value is -0.0800. The van der Waals surface area contributed by atoms with Gasteiger partial charge in [0, 0.05) is 18.6 Å². The lowest BCUT2D eigenvalue weighted by atomic mass is 9.93. The minimum atomic E-state index is 0.242. The number of rotatable bonds is 7. The summed E-state index contributed by atoms with van der Waals surface area (Å²) in [5, 5.41) is 0. The van der Waals surface area contributed by atoms with Crippen LogP contribution in [0.15, 0.2) is 0 Å². The maximum atomic E-state index is 5.92. The Balaban J connectivity index is 2.51. The molecule has 84 valence electrons. The quantitative estimate of drug-likeness (QED) is 0.680. The van der Waals surface area contributed by atoms with Gasteiger partial charge in [0.25, 0.3) is 0 Å². The van der Waals surface area contributed by atoms with Crippen LogP contribution in [0.1, 0.15) is 46.5 Å². The lowest BCUT2D eigenvalue weighted by Crippen LogP contribution is -2.52. The van der Waals surface area contributed by atoms with E-state index in [2.05, 4.69) is 25.7 Å². The van der Waals surface area contributed by atoms with Crippen molar-refractivity contribution in [3.63, 3.8) is 0 Å². The highest BCUT2D eigenvalue weighted by atomic mass is 15.2. The Morgan fingerprint density at radius 2 is 2.00 bits per heavy atom. The Kier molecular flexibility index (Phi) is 4.39. The molecule has 2 heteroatoms. The highest BCUT2D eigenvalue weighted by molar-refractivity contribution is 4.89. The molecule has 0 saturated heterocycles. The molecule has 0 radical (unpaired) electrons. The van der Waals surface area contributed by atoms with Crippen LogP contribution in [0.3, 0.4) is 0 Å². The van der Waals surface area contributed by atoms with Crippen LogP contribution in [-0.2, 0) is 0 Å². The Bertz CT molecular complexity index is 166. The van der Waals surface area contributed by atoms with Gasteiger partial charge in [-0.25, -0.2) is 0 Å². The SMILES string of the molecule is CCCC(C)(CN)N(CC)CC1CC1. The minimum absolute atomic E-state index is 0.242. The van der Waals surface area contributed by atoms with Gasteiger partial charge in [-0.2, -0.15) is 0 Å². The van der Waals surface area contributed by atoms with Crippen molar-refractivity contribution in [1.82, 2.24) is 4.90 Å². The van der Waals surface area contributed by atoms with E-state index in [1.807, 2.05) is 0 Å². The molecule has 2 N–H and O–H groups in total. The fourth-order valence-electron chi connectivity index (χ4n) is 2.27. The van der Waals surface area contributed by atoms with E-state index in [4.69, 9.17) is 5.73 Å². The molecule has 0 heterocycles. The van der Waals surface area contributed by atoms with Gasteiger partial charge in [-0.15, -0.1) is 0 Å². The lowest BCUT2D eigenvalue weighted by Gasteiger charge is -2.40. The maximum absolute atomic E-state index is 5.92. The van der Waals surface area contributed by atoms with Gasteiger partial charge in [-0.1, -0.05) is 20.3 Å². The molecule has 1 atom stereocenters. The van der Waals surface area contributed by atoms with Gasteiger partial charge in [-0.05, 0) is 38.6 Å². The van der Waals surface area contributed by atoms with Crippen molar-refractivity contribution < 1.29 is 0 Å². The van der Waals surface area contributed by atoms with Crippen LogP contribution in [0.5, 0.6) is 0 Å². The summed E-state index contributed by atoms with van der Waals surface area (Å²) in [6.07, 6.45) is 5.32. The van der Waals surface area contributed by atoms with Gasteiger partial charge in [-0.3, -0.25) is 4.90 Å². The highest BCUT2D eigenvalue weighted by Gasteiger charge is 2.33. The van der Waals surface area contributed by atoms with E-state index in [-0.39, 0.29) is 5.54 Å². The fraction of sp³-hybridized carbons (Fsp3) is 1.00. The van der Waals surface area contributed by atoms with Crippen molar-refractivity contribution in [1.29, 1.82) is 0 Å². The van der Waals surface area contributed by atoms with E-state index in [9.17, 15) is 0 Å². The third kappa shape index (κ3) is 2.96. The zero-order chi connectivity index (χ0) is 10.6. The Morgan fingerprint density at radius 1 is 1.36 bits per heavy atom. The Morgan fingerprint density at radius 3 is 2.36 bits per heavy atom. The summed E-state index contributed by atoms with van der Waals surface area (Å²) < 4.78 is 0. The summed E-state index contributed by atoms with van der Waals surface area (Å²) in [6.45, 7) is 10.0. The molecule has 14 heavy (non-hydrogen) atoms. The smallest absolute Gasteiger partial charge is 0.0303 e. The molecule has 1 aliphatic carbocycles. The van der Waals surface area contributed by atoms with Crippen molar-refractivity contribution in [2.75, 3.05) is 19.6 Å². The standard InChI is InChI=1S/C12H26N2/c1-4-8-12(3,10-13)14(5-2)9-11-6-7-11/h11H,4-10,13H2,1-3H3. The molecular formula is C12H26N2. The van der Waals surface area contributed by atoms with Crippen molar-refractivity contribution >= 4 is 0 Å². The van der Waals surface area contributed by atoms with Gasteiger partial charge < -0.3 is 5.73 Å². The first-order valence-corrected chi connectivity index (χ1v) is 6.11. The molecule has 0 aromatic rings.